The molecule has 1 aliphatic carbocycles. The zero-order valence-electron chi connectivity index (χ0n) is 18.9. The van der Waals surface area contributed by atoms with Gasteiger partial charge in [-0.05, 0) is 23.0 Å². The minimum absolute atomic E-state index is 0. The van der Waals surface area contributed by atoms with Gasteiger partial charge in [-0.25, -0.2) is 12.1 Å². The van der Waals surface area contributed by atoms with Crippen molar-refractivity contribution >= 4 is 4.21 Å². The van der Waals surface area contributed by atoms with Gasteiger partial charge < -0.3 is 24.8 Å². The molecule has 0 N–H and O–H groups in total. The molecular formula is C27H32Cl2Zr-2. The van der Waals surface area contributed by atoms with Gasteiger partial charge >= 0.3 is 28.4 Å². The first-order chi connectivity index (χ1) is 13.2. The summed E-state index contributed by atoms with van der Waals surface area (Å²) >= 11 is 1.30. The molecule has 0 saturated heterocycles. The van der Waals surface area contributed by atoms with E-state index < -0.39 is 0 Å². The first-order valence-corrected chi connectivity index (χ1v) is 11.6. The third kappa shape index (κ3) is 7.08. The molecule has 160 valence electrons. The summed E-state index contributed by atoms with van der Waals surface area (Å²) in [6, 6.07) is 24.9. The molecule has 0 saturated carbocycles. The molecule has 0 spiro atoms. The number of benzene rings is 2. The van der Waals surface area contributed by atoms with Crippen LogP contribution < -0.4 is 24.8 Å². The van der Waals surface area contributed by atoms with Crippen LogP contribution in [0.3, 0.4) is 0 Å². The molecule has 0 aliphatic heterocycles. The van der Waals surface area contributed by atoms with Crippen molar-refractivity contribution < 1.29 is 49.0 Å². The van der Waals surface area contributed by atoms with Crippen LogP contribution in [0, 0.1) is 6.07 Å². The SMILES string of the molecule is CC(C)(C)c1c[c-]c2c(c1)-c1cccc(C(C)(C)C)c1C2.[CH2]=[Zr+2].[Cl-].[Cl-].c1cc[cH-]c1. The molecule has 0 heterocycles. The Kier molecular flexibility index (Phi) is 11.9. The maximum absolute atomic E-state index is 3.55. The van der Waals surface area contributed by atoms with E-state index in [9.17, 15) is 0 Å². The third-order valence-corrected chi connectivity index (χ3v) is 5.08. The summed E-state index contributed by atoms with van der Waals surface area (Å²) in [5.41, 5.74) is 8.88. The number of rotatable bonds is 0. The van der Waals surface area contributed by atoms with Crippen molar-refractivity contribution in [2.75, 3.05) is 0 Å². The summed E-state index contributed by atoms with van der Waals surface area (Å²) < 4.78 is 3.34. The normalized spacial score (nSPS) is 11.3. The summed E-state index contributed by atoms with van der Waals surface area (Å²) in [5, 5.41) is 0. The number of halogens is 2. The first kappa shape index (κ1) is 29.1. The minimum atomic E-state index is 0. The van der Waals surface area contributed by atoms with Gasteiger partial charge in [-0.1, -0.05) is 70.7 Å². The van der Waals surface area contributed by atoms with Crippen molar-refractivity contribution in [3.63, 3.8) is 0 Å². The van der Waals surface area contributed by atoms with Gasteiger partial charge in [-0.15, -0.1) is 5.56 Å². The van der Waals surface area contributed by atoms with Gasteiger partial charge in [0.15, 0.2) is 0 Å². The van der Waals surface area contributed by atoms with Crippen LogP contribution in [0.1, 0.15) is 63.8 Å². The summed E-state index contributed by atoms with van der Waals surface area (Å²) in [5.74, 6) is 0. The van der Waals surface area contributed by atoms with Crippen molar-refractivity contribution in [1.29, 1.82) is 0 Å². The van der Waals surface area contributed by atoms with Gasteiger partial charge in [0.25, 0.3) is 0 Å². The fourth-order valence-corrected chi connectivity index (χ4v) is 3.58. The Hall–Kier alpha value is -0.877. The second kappa shape index (κ2) is 12.2. The molecule has 0 aromatic heterocycles. The van der Waals surface area contributed by atoms with Crippen LogP contribution in [0.15, 0.2) is 60.7 Å². The van der Waals surface area contributed by atoms with Crippen LogP contribution >= 0.6 is 0 Å². The van der Waals surface area contributed by atoms with E-state index >= 15 is 0 Å². The molecule has 0 nitrogen and oxygen atoms in total. The Morgan fingerprint density at radius 1 is 0.867 bits per heavy atom. The molecule has 0 fully saturated rings. The number of fused-ring (bicyclic) bond motifs is 3. The molecule has 4 rings (SSSR count). The average Bonchev–Trinajstić information content (AvgIpc) is 3.32. The Labute approximate surface area is 211 Å². The second-order valence-electron chi connectivity index (χ2n) is 9.25. The Balaban J connectivity index is 0.000000809. The smallest absolute Gasteiger partial charge is 0.172 e. The molecule has 0 radical (unpaired) electrons. The molecule has 3 heteroatoms. The van der Waals surface area contributed by atoms with Gasteiger partial charge in [0.05, 0.1) is 0 Å². The largest absolute Gasteiger partial charge is 1.00 e. The zero-order chi connectivity index (χ0) is 20.9. The standard InChI is InChI=1S/C21H25.C5H5.CH2.2ClH.Zr/c1-20(2,3)15-11-10-14-12-18-16(17(14)13-15)8-7-9-19(18)21(4,5)6;1-2-4-5-3-1;;;;/h7-9,11,13H,12H2,1-6H3;1-5H;1H2;2*1H;/q2*-1;;;;+2/p-2. The fourth-order valence-electron chi connectivity index (χ4n) is 3.58. The van der Waals surface area contributed by atoms with Crippen LogP contribution in [-0.2, 0) is 41.5 Å². The van der Waals surface area contributed by atoms with Gasteiger partial charge in [0, 0.05) is 0 Å². The second-order valence-corrected chi connectivity index (χ2v) is 9.25. The minimum Gasteiger partial charge on any atom is -1.00 e. The van der Waals surface area contributed by atoms with E-state index in [1.54, 1.807) is 0 Å². The molecule has 0 unspecified atom stereocenters. The van der Waals surface area contributed by atoms with Crippen LogP contribution in [0.4, 0.5) is 0 Å². The fraction of sp³-hybridized carbons (Fsp3) is 0.333. The first-order valence-electron chi connectivity index (χ1n) is 9.88. The Bertz CT molecular complexity index is 880. The van der Waals surface area contributed by atoms with Gasteiger partial charge in [0.2, 0.25) is 0 Å². The van der Waals surface area contributed by atoms with Gasteiger partial charge in [0.1, 0.15) is 0 Å². The van der Waals surface area contributed by atoms with Crippen molar-refractivity contribution in [2.45, 2.75) is 58.8 Å². The average molecular weight is 519 g/mol. The molecule has 0 atom stereocenters. The van der Waals surface area contributed by atoms with Gasteiger partial charge in [-0.3, -0.25) is 0 Å². The predicted molar refractivity (Wildman–Crippen MR) is 120 cm³/mol. The number of hydrogen-bond acceptors (Lipinski definition) is 0. The maximum Gasteiger partial charge on any atom is -0.172 e. The van der Waals surface area contributed by atoms with E-state index in [1.807, 2.05) is 30.3 Å². The zero-order valence-corrected chi connectivity index (χ0v) is 22.9. The monoisotopic (exact) mass is 516 g/mol. The third-order valence-electron chi connectivity index (χ3n) is 5.08. The van der Waals surface area contributed by atoms with Crippen LogP contribution in [0.25, 0.3) is 11.1 Å². The van der Waals surface area contributed by atoms with Crippen LogP contribution in [-0.4, -0.2) is 4.21 Å². The van der Waals surface area contributed by atoms with Crippen molar-refractivity contribution in [3.8, 4) is 11.1 Å². The predicted octanol–water partition coefficient (Wildman–Crippen LogP) is 1.03. The Morgan fingerprint density at radius 2 is 1.47 bits per heavy atom. The van der Waals surface area contributed by atoms with E-state index in [0.717, 1.165) is 6.42 Å². The van der Waals surface area contributed by atoms with Gasteiger partial charge in [-0.2, -0.15) is 47.5 Å². The van der Waals surface area contributed by atoms with Crippen molar-refractivity contribution in [1.82, 2.24) is 0 Å². The molecule has 0 amide bonds. The van der Waals surface area contributed by atoms with E-state index in [2.05, 4.69) is 82.2 Å². The topological polar surface area (TPSA) is 0 Å². The molecular weight excluding hydrogens is 486 g/mol. The van der Waals surface area contributed by atoms with Crippen LogP contribution in [0.2, 0.25) is 0 Å². The summed E-state index contributed by atoms with van der Waals surface area (Å²) in [6.07, 6.45) is 1.03. The summed E-state index contributed by atoms with van der Waals surface area (Å²) in [7, 11) is 0. The molecule has 1 aliphatic rings. The quantitative estimate of drug-likeness (QED) is 0.305. The number of hydrogen-bond donors (Lipinski definition) is 0. The summed E-state index contributed by atoms with van der Waals surface area (Å²) in [6.45, 7) is 13.7. The van der Waals surface area contributed by atoms with Crippen LogP contribution in [0.5, 0.6) is 0 Å². The van der Waals surface area contributed by atoms with E-state index in [-0.39, 0.29) is 35.6 Å². The van der Waals surface area contributed by atoms with Crippen molar-refractivity contribution in [2.24, 2.45) is 0 Å². The molecule has 30 heavy (non-hydrogen) atoms. The molecule has 3 aromatic rings. The van der Waals surface area contributed by atoms with E-state index in [1.165, 1.54) is 57.6 Å². The molecule has 0 bridgehead atoms. The maximum atomic E-state index is 3.55. The van der Waals surface area contributed by atoms with E-state index in [0.29, 0.717) is 0 Å². The Morgan fingerprint density at radius 3 is 1.93 bits per heavy atom. The summed E-state index contributed by atoms with van der Waals surface area (Å²) in [4.78, 5) is 0. The van der Waals surface area contributed by atoms with Crippen molar-refractivity contribution in [3.05, 3.63) is 89.0 Å². The van der Waals surface area contributed by atoms with E-state index in [4.69, 9.17) is 0 Å². The molecule has 3 aromatic carbocycles.